The van der Waals surface area contributed by atoms with Crippen molar-refractivity contribution in [2.24, 2.45) is 7.05 Å². The number of rotatable bonds is 4. The molecule has 0 spiro atoms. The molecule has 124 valence electrons. The van der Waals surface area contributed by atoms with Gasteiger partial charge in [-0.2, -0.15) is 5.10 Å². The van der Waals surface area contributed by atoms with Gasteiger partial charge in [-0.25, -0.2) is 0 Å². The van der Waals surface area contributed by atoms with Crippen molar-refractivity contribution in [1.82, 2.24) is 9.78 Å². The lowest BCUT2D eigenvalue weighted by Gasteiger charge is -2.10. The minimum atomic E-state index is -0.0271. The van der Waals surface area contributed by atoms with Crippen LogP contribution in [-0.4, -0.2) is 20.0 Å². The first-order chi connectivity index (χ1) is 11.5. The Balaban J connectivity index is 2.14. The Morgan fingerprint density at radius 3 is 2.46 bits per heavy atom. The van der Waals surface area contributed by atoms with Crippen molar-refractivity contribution >= 4 is 0 Å². The smallest absolute Gasteiger partial charge is 0.176 e. The van der Waals surface area contributed by atoms with Crippen LogP contribution in [0.15, 0.2) is 42.5 Å². The summed E-state index contributed by atoms with van der Waals surface area (Å²) in [7, 11) is 1.83. The van der Waals surface area contributed by atoms with Gasteiger partial charge < -0.3 is 14.9 Å². The molecule has 0 aliphatic heterocycles. The largest absolute Gasteiger partial charge is 0.508 e. The molecule has 5 heteroatoms. The van der Waals surface area contributed by atoms with Gasteiger partial charge in [0.1, 0.15) is 22.9 Å². The van der Waals surface area contributed by atoms with Gasteiger partial charge in [0.2, 0.25) is 0 Å². The summed E-state index contributed by atoms with van der Waals surface area (Å²) in [5.41, 5.74) is 2.68. The predicted molar refractivity (Wildman–Crippen MR) is 92.6 cm³/mol. The zero-order valence-electron chi connectivity index (χ0n) is 13.9. The number of aryl methyl sites for hydroxylation is 2. The van der Waals surface area contributed by atoms with Crippen molar-refractivity contribution in [3.05, 3.63) is 53.7 Å². The molecule has 3 aromatic rings. The van der Waals surface area contributed by atoms with Gasteiger partial charge in [0.05, 0.1) is 5.69 Å². The first-order valence-corrected chi connectivity index (χ1v) is 7.83. The number of aromatic hydroxyl groups is 2. The number of para-hydroxylation sites is 1. The second-order valence-electron chi connectivity index (χ2n) is 5.65. The lowest BCUT2D eigenvalue weighted by Crippen LogP contribution is -1.93. The number of ether oxygens (including phenoxy) is 1. The lowest BCUT2D eigenvalue weighted by molar-refractivity contribution is 0.446. The van der Waals surface area contributed by atoms with Crippen LogP contribution in [-0.2, 0) is 13.5 Å². The summed E-state index contributed by atoms with van der Waals surface area (Å²) in [6.07, 6.45) is 0.653. The second-order valence-corrected chi connectivity index (χ2v) is 5.65. The van der Waals surface area contributed by atoms with Crippen LogP contribution >= 0.6 is 0 Å². The van der Waals surface area contributed by atoms with Crippen molar-refractivity contribution in [3.8, 4) is 34.3 Å². The molecule has 0 aliphatic carbocycles. The summed E-state index contributed by atoms with van der Waals surface area (Å²) in [4.78, 5) is 0. The topological polar surface area (TPSA) is 67.5 Å². The molecule has 5 nitrogen and oxygen atoms in total. The Kier molecular flexibility index (Phi) is 4.16. The average molecular weight is 324 g/mol. The van der Waals surface area contributed by atoms with E-state index in [-0.39, 0.29) is 11.5 Å². The molecule has 0 saturated carbocycles. The van der Waals surface area contributed by atoms with Crippen LogP contribution in [0.3, 0.4) is 0 Å². The predicted octanol–water partition coefficient (Wildman–Crippen LogP) is 4.16. The van der Waals surface area contributed by atoms with Gasteiger partial charge in [-0.05, 0) is 37.1 Å². The monoisotopic (exact) mass is 324 g/mol. The van der Waals surface area contributed by atoms with Gasteiger partial charge in [-0.15, -0.1) is 0 Å². The molecule has 0 fully saturated rings. The number of hydrogen-bond acceptors (Lipinski definition) is 4. The van der Waals surface area contributed by atoms with E-state index in [4.69, 9.17) is 4.74 Å². The van der Waals surface area contributed by atoms with E-state index >= 15 is 0 Å². The van der Waals surface area contributed by atoms with Crippen LogP contribution in [0.5, 0.6) is 23.0 Å². The van der Waals surface area contributed by atoms with E-state index in [0.717, 1.165) is 11.3 Å². The number of benzene rings is 2. The normalized spacial score (nSPS) is 10.8. The van der Waals surface area contributed by atoms with E-state index in [1.165, 1.54) is 6.07 Å². The highest BCUT2D eigenvalue weighted by Gasteiger charge is 2.21. The maximum atomic E-state index is 10.3. The molecule has 2 aromatic carbocycles. The van der Waals surface area contributed by atoms with Crippen molar-refractivity contribution in [1.29, 1.82) is 0 Å². The Bertz CT molecular complexity index is 870. The van der Waals surface area contributed by atoms with E-state index in [9.17, 15) is 10.2 Å². The molecule has 0 unspecified atom stereocenters. The molecule has 0 radical (unpaired) electrons. The molecule has 2 N–H and O–H groups in total. The van der Waals surface area contributed by atoms with Crippen molar-refractivity contribution in [2.75, 3.05) is 0 Å². The highest BCUT2D eigenvalue weighted by atomic mass is 16.5. The van der Waals surface area contributed by atoms with Crippen LogP contribution in [0.4, 0.5) is 0 Å². The molecule has 3 rings (SSSR count). The summed E-state index contributed by atoms with van der Waals surface area (Å²) in [6, 6.07) is 12.6. The SMILES string of the molecule is CCc1cc(-c2nn(C)c(C)c2Oc2ccccc2)c(O)cc1O. The summed E-state index contributed by atoms with van der Waals surface area (Å²) in [5, 5.41) is 24.7. The first kappa shape index (κ1) is 15.9. The summed E-state index contributed by atoms with van der Waals surface area (Å²) >= 11 is 0. The molecular formula is C19H20N2O3. The molecule has 24 heavy (non-hydrogen) atoms. The second kappa shape index (κ2) is 6.28. The number of phenols is 2. The van der Waals surface area contributed by atoms with Crippen molar-refractivity contribution < 1.29 is 14.9 Å². The molecule has 0 aliphatic rings. The third-order valence-electron chi connectivity index (χ3n) is 4.08. The molecule has 1 aromatic heterocycles. The molecule has 0 bridgehead atoms. The van der Waals surface area contributed by atoms with Crippen LogP contribution in [0.25, 0.3) is 11.3 Å². The molecule has 0 atom stereocenters. The Morgan fingerprint density at radius 1 is 1.08 bits per heavy atom. The maximum absolute atomic E-state index is 10.3. The minimum absolute atomic E-state index is 0.0271. The zero-order chi connectivity index (χ0) is 17.3. The van der Waals surface area contributed by atoms with Gasteiger partial charge in [-0.1, -0.05) is 25.1 Å². The standard InChI is InChI=1S/C19H20N2O3/c1-4-13-10-15(17(23)11-16(13)22)18-19(12(2)21(3)20-18)24-14-8-6-5-7-9-14/h5-11,22-23H,4H2,1-3H3. The average Bonchev–Trinajstić information content (AvgIpc) is 2.84. The Labute approximate surface area is 140 Å². The number of aromatic nitrogens is 2. The highest BCUT2D eigenvalue weighted by Crippen LogP contribution is 2.41. The third kappa shape index (κ3) is 2.80. The van der Waals surface area contributed by atoms with Gasteiger partial charge in [-0.3, -0.25) is 4.68 Å². The van der Waals surface area contributed by atoms with Gasteiger partial charge in [0.25, 0.3) is 0 Å². The Morgan fingerprint density at radius 2 is 1.79 bits per heavy atom. The zero-order valence-corrected chi connectivity index (χ0v) is 13.9. The lowest BCUT2D eigenvalue weighted by atomic mass is 10.0. The fourth-order valence-corrected chi connectivity index (χ4v) is 2.59. The Hall–Kier alpha value is -2.95. The van der Waals surface area contributed by atoms with Gasteiger partial charge in [0, 0.05) is 18.7 Å². The fourth-order valence-electron chi connectivity index (χ4n) is 2.59. The van der Waals surface area contributed by atoms with Crippen LogP contribution < -0.4 is 4.74 Å². The van der Waals surface area contributed by atoms with E-state index in [2.05, 4.69) is 5.10 Å². The number of nitrogens with zero attached hydrogens (tertiary/aromatic N) is 2. The minimum Gasteiger partial charge on any atom is -0.508 e. The van der Waals surface area contributed by atoms with E-state index < -0.39 is 0 Å². The van der Waals surface area contributed by atoms with Gasteiger partial charge >= 0.3 is 0 Å². The summed E-state index contributed by atoms with van der Waals surface area (Å²) in [5.74, 6) is 1.34. The summed E-state index contributed by atoms with van der Waals surface area (Å²) < 4.78 is 7.73. The van der Waals surface area contributed by atoms with Crippen LogP contribution in [0.1, 0.15) is 18.2 Å². The van der Waals surface area contributed by atoms with E-state index in [1.807, 2.05) is 51.2 Å². The van der Waals surface area contributed by atoms with E-state index in [0.29, 0.717) is 29.2 Å². The van der Waals surface area contributed by atoms with Crippen LogP contribution in [0, 0.1) is 6.92 Å². The molecule has 0 amide bonds. The number of hydrogen-bond donors (Lipinski definition) is 2. The molecule has 1 heterocycles. The quantitative estimate of drug-likeness (QED) is 0.756. The van der Waals surface area contributed by atoms with E-state index in [1.54, 1.807) is 10.7 Å². The first-order valence-electron chi connectivity index (χ1n) is 7.83. The van der Waals surface area contributed by atoms with Crippen molar-refractivity contribution in [3.63, 3.8) is 0 Å². The summed E-state index contributed by atoms with van der Waals surface area (Å²) in [6.45, 7) is 3.86. The molecule has 0 saturated heterocycles. The molecular weight excluding hydrogens is 304 g/mol. The van der Waals surface area contributed by atoms with Crippen LogP contribution in [0.2, 0.25) is 0 Å². The maximum Gasteiger partial charge on any atom is 0.176 e. The number of phenolic OH excluding ortho intramolecular Hbond substituents is 2. The highest BCUT2D eigenvalue weighted by molar-refractivity contribution is 5.75. The third-order valence-corrected chi connectivity index (χ3v) is 4.08. The van der Waals surface area contributed by atoms with Crippen molar-refractivity contribution in [2.45, 2.75) is 20.3 Å². The van der Waals surface area contributed by atoms with Gasteiger partial charge in [0.15, 0.2) is 5.75 Å². The fraction of sp³-hybridized carbons (Fsp3) is 0.211.